The fourth-order valence-corrected chi connectivity index (χ4v) is 5.42. The second-order valence-corrected chi connectivity index (χ2v) is 11.7. The van der Waals surface area contributed by atoms with Gasteiger partial charge in [0.05, 0.1) is 18.0 Å². The van der Waals surface area contributed by atoms with Gasteiger partial charge in [0.2, 0.25) is 5.91 Å². The van der Waals surface area contributed by atoms with Crippen molar-refractivity contribution in [3.05, 3.63) is 52.0 Å². The van der Waals surface area contributed by atoms with Crippen molar-refractivity contribution in [2.45, 2.75) is 85.2 Å². The summed E-state index contributed by atoms with van der Waals surface area (Å²) >= 11 is 1.47. The summed E-state index contributed by atoms with van der Waals surface area (Å²) in [6.07, 6.45) is 4.13. The number of rotatable bonds is 15. The Hall–Kier alpha value is -2.74. The van der Waals surface area contributed by atoms with E-state index in [0.29, 0.717) is 43.2 Å². The molecule has 0 spiro atoms. The Morgan fingerprint density at radius 1 is 1.11 bits per heavy atom. The van der Waals surface area contributed by atoms with Gasteiger partial charge in [-0.1, -0.05) is 71.4 Å². The summed E-state index contributed by atoms with van der Waals surface area (Å²) in [7, 11) is 3.28. The molecule has 0 saturated carbocycles. The number of nitrogens with zero attached hydrogens (tertiary/aromatic N) is 2. The van der Waals surface area contributed by atoms with Gasteiger partial charge < -0.3 is 15.0 Å². The third-order valence-electron chi connectivity index (χ3n) is 7.22. The van der Waals surface area contributed by atoms with Gasteiger partial charge in [0.25, 0.3) is 5.91 Å². The highest BCUT2D eigenvalue weighted by Crippen LogP contribution is 2.21. The molecule has 0 radical (unpaired) electrons. The third kappa shape index (κ3) is 9.86. The lowest BCUT2D eigenvalue weighted by molar-refractivity contribution is -0.145. The summed E-state index contributed by atoms with van der Waals surface area (Å²) in [5.74, 6) is 0.00137. The molecule has 1 aromatic heterocycles. The van der Waals surface area contributed by atoms with Crippen LogP contribution in [0.25, 0.3) is 0 Å². The molecular weight excluding hydrogens is 498 g/mol. The van der Waals surface area contributed by atoms with Gasteiger partial charge in [-0.15, -0.1) is 11.3 Å². The molecule has 0 aliphatic heterocycles. The van der Waals surface area contributed by atoms with Crippen LogP contribution in [0.1, 0.15) is 81.4 Å². The molecule has 4 unspecified atom stereocenters. The van der Waals surface area contributed by atoms with E-state index < -0.39 is 0 Å². The van der Waals surface area contributed by atoms with E-state index in [0.717, 1.165) is 23.4 Å². The van der Waals surface area contributed by atoms with Crippen LogP contribution >= 0.6 is 11.3 Å². The minimum absolute atomic E-state index is 0.114. The first-order valence-corrected chi connectivity index (χ1v) is 14.6. The number of thiazole rings is 1. The summed E-state index contributed by atoms with van der Waals surface area (Å²) < 4.78 is 4.89. The minimum Gasteiger partial charge on any atom is -0.469 e. The molecule has 2 aromatic rings. The molecule has 0 fully saturated rings. The highest BCUT2D eigenvalue weighted by Gasteiger charge is 2.25. The Kier molecular flexibility index (Phi) is 12.9. The number of carbonyl (C=O) groups excluding carboxylic acids is 3. The maximum absolute atomic E-state index is 13.1. The summed E-state index contributed by atoms with van der Waals surface area (Å²) in [5.41, 5.74) is 1.47. The number of methoxy groups -OCH3 is 1. The number of esters is 1. The van der Waals surface area contributed by atoms with Gasteiger partial charge in [-0.05, 0) is 36.7 Å². The molecule has 8 heteroatoms. The molecule has 0 bridgehead atoms. The second-order valence-electron chi connectivity index (χ2n) is 10.7. The molecule has 0 saturated heterocycles. The van der Waals surface area contributed by atoms with E-state index in [9.17, 15) is 14.4 Å². The van der Waals surface area contributed by atoms with Crippen molar-refractivity contribution in [1.82, 2.24) is 15.2 Å². The molecule has 2 amide bonds. The lowest BCUT2D eigenvalue weighted by Crippen LogP contribution is -2.41. The van der Waals surface area contributed by atoms with Gasteiger partial charge in [0.1, 0.15) is 5.69 Å². The predicted molar refractivity (Wildman–Crippen MR) is 153 cm³/mol. The second kappa shape index (κ2) is 15.6. The smallest absolute Gasteiger partial charge is 0.308 e. The monoisotopic (exact) mass is 543 g/mol. The zero-order valence-electron chi connectivity index (χ0n) is 24.0. The number of nitrogens with one attached hydrogen (secondary N) is 1. The maximum Gasteiger partial charge on any atom is 0.308 e. The molecule has 1 N–H and O–H groups in total. The molecule has 7 nitrogen and oxygen atoms in total. The van der Waals surface area contributed by atoms with Gasteiger partial charge in [0.15, 0.2) is 0 Å². The molecule has 2 rings (SSSR count). The topological polar surface area (TPSA) is 88.6 Å². The largest absolute Gasteiger partial charge is 0.469 e. The quantitative estimate of drug-likeness (QED) is 0.298. The molecule has 1 aromatic carbocycles. The summed E-state index contributed by atoms with van der Waals surface area (Å²) in [6, 6.07) is 9.78. The van der Waals surface area contributed by atoms with E-state index in [1.165, 1.54) is 18.4 Å². The number of hydrogen-bond acceptors (Lipinski definition) is 6. The number of amides is 2. The molecular formula is C30H45N3O4S. The van der Waals surface area contributed by atoms with Crippen LogP contribution in [0, 0.1) is 17.8 Å². The van der Waals surface area contributed by atoms with Crippen LogP contribution in [-0.4, -0.2) is 53.9 Å². The highest BCUT2D eigenvalue weighted by atomic mass is 32.1. The number of aryl methyl sites for hydroxylation is 1. The van der Waals surface area contributed by atoms with Crippen LogP contribution in [0.5, 0.6) is 0 Å². The van der Waals surface area contributed by atoms with Crippen LogP contribution in [0.3, 0.4) is 0 Å². The summed E-state index contributed by atoms with van der Waals surface area (Å²) in [5, 5.41) is 5.76. The average Bonchev–Trinajstić information content (AvgIpc) is 3.37. The fraction of sp³-hybridized carbons (Fsp3) is 0.600. The van der Waals surface area contributed by atoms with Gasteiger partial charge in [-0.25, -0.2) is 4.98 Å². The van der Waals surface area contributed by atoms with Gasteiger partial charge in [-0.2, -0.15) is 0 Å². The van der Waals surface area contributed by atoms with Crippen LogP contribution in [0.2, 0.25) is 0 Å². The highest BCUT2D eigenvalue weighted by molar-refractivity contribution is 7.09. The van der Waals surface area contributed by atoms with Gasteiger partial charge in [-0.3, -0.25) is 14.4 Å². The molecule has 0 aliphatic carbocycles. The van der Waals surface area contributed by atoms with Crippen LogP contribution in [-0.2, 0) is 27.2 Å². The zero-order valence-corrected chi connectivity index (χ0v) is 24.8. The number of ether oxygens (including phenoxy) is 1. The lowest BCUT2D eigenvalue weighted by atomic mass is 9.96. The number of benzene rings is 1. The van der Waals surface area contributed by atoms with E-state index in [-0.39, 0.29) is 35.8 Å². The van der Waals surface area contributed by atoms with Crippen molar-refractivity contribution < 1.29 is 19.1 Å². The molecule has 0 aliphatic rings. The van der Waals surface area contributed by atoms with Crippen LogP contribution < -0.4 is 5.32 Å². The molecule has 4 atom stereocenters. The van der Waals surface area contributed by atoms with E-state index in [1.807, 2.05) is 49.2 Å². The number of aromatic nitrogens is 1. The zero-order chi connectivity index (χ0) is 28.2. The minimum atomic E-state index is -0.340. The predicted octanol–water partition coefficient (Wildman–Crippen LogP) is 5.54. The lowest BCUT2D eigenvalue weighted by Gasteiger charge is -2.32. The Morgan fingerprint density at radius 3 is 2.39 bits per heavy atom. The fourth-order valence-electron chi connectivity index (χ4n) is 4.62. The van der Waals surface area contributed by atoms with Gasteiger partial charge >= 0.3 is 5.97 Å². The van der Waals surface area contributed by atoms with Gasteiger partial charge in [0, 0.05) is 37.4 Å². The van der Waals surface area contributed by atoms with Crippen molar-refractivity contribution in [3.8, 4) is 0 Å². The maximum atomic E-state index is 13.1. The van der Waals surface area contributed by atoms with Crippen molar-refractivity contribution >= 4 is 29.1 Å². The Morgan fingerprint density at radius 2 is 1.79 bits per heavy atom. The first-order chi connectivity index (χ1) is 18.0. The van der Waals surface area contributed by atoms with Crippen molar-refractivity contribution in [3.63, 3.8) is 0 Å². The Labute approximate surface area is 232 Å². The van der Waals surface area contributed by atoms with Crippen LogP contribution in [0.15, 0.2) is 35.7 Å². The summed E-state index contributed by atoms with van der Waals surface area (Å²) in [4.78, 5) is 44.4. The van der Waals surface area contributed by atoms with Crippen LogP contribution in [0.4, 0.5) is 0 Å². The normalized spacial score (nSPS) is 14.4. The summed E-state index contributed by atoms with van der Waals surface area (Å²) in [6.45, 7) is 10.3. The first-order valence-electron chi connectivity index (χ1n) is 13.7. The van der Waals surface area contributed by atoms with Crippen molar-refractivity contribution in [2.24, 2.45) is 17.8 Å². The van der Waals surface area contributed by atoms with E-state index >= 15 is 0 Å². The SMILES string of the molecule is CCC(C)CC(=O)N(C)C(CCc1nc(C(=O)NC(Cc2ccccc2)CC(C)C(=O)OC)cs1)C(C)C. The number of carbonyl (C=O) groups is 3. The number of hydrogen-bond donors (Lipinski definition) is 1. The molecule has 38 heavy (non-hydrogen) atoms. The Bertz CT molecular complexity index is 1020. The Balaban J connectivity index is 2.04. The van der Waals surface area contributed by atoms with Crippen molar-refractivity contribution in [1.29, 1.82) is 0 Å². The first kappa shape index (κ1) is 31.5. The van der Waals surface area contributed by atoms with E-state index in [2.05, 4.69) is 38.0 Å². The standard InChI is InChI=1S/C30H45N3O4S/c1-8-21(4)16-28(34)33(6)26(20(2)3)14-15-27-32-25(19-38-27)29(35)31-24(17-22(5)30(36)37-7)18-23-12-10-9-11-13-23/h9-13,19-22,24,26H,8,14-18H2,1-7H3,(H,31,35). The molecule has 210 valence electrons. The van der Waals surface area contributed by atoms with Crippen molar-refractivity contribution in [2.75, 3.05) is 14.2 Å². The van der Waals surface area contributed by atoms with E-state index in [4.69, 9.17) is 4.74 Å². The van der Waals surface area contributed by atoms with E-state index in [1.54, 1.807) is 5.38 Å². The average molecular weight is 544 g/mol. The third-order valence-corrected chi connectivity index (χ3v) is 8.13. The molecule has 1 heterocycles.